The van der Waals surface area contributed by atoms with E-state index in [2.05, 4.69) is 35.8 Å². The van der Waals surface area contributed by atoms with Crippen LogP contribution >= 0.6 is 0 Å². The van der Waals surface area contributed by atoms with Gasteiger partial charge in [0.25, 0.3) is 0 Å². The fraction of sp³-hybridized carbons (Fsp3) is 0.280. The molecule has 0 fully saturated rings. The number of benzene rings is 1. The zero-order valence-electron chi connectivity index (χ0n) is 20.2. The van der Waals surface area contributed by atoms with Crippen LogP contribution in [-0.2, 0) is 4.74 Å². The van der Waals surface area contributed by atoms with Gasteiger partial charge in [-0.1, -0.05) is 6.07 Å². The number of nitrogens with one attached hydrogen (secondary N) is 3. The monoisotopic (exact) mass is 486 g/mol. The molecule has 4 aromatic rings. The first-order valence-electron chi connectivity index (χ1n) is 11.3. The van der Waals surface area contributed by atoms with Gasteiger partial charge in [0.1, 0.15) is 23.2 Å². The van der Waals surface area contributed by atoms with Gasteiger partial charge in [0.05, 0.1) is 35.8 Å². The van der Waals surface area contributed by atoms with Crippen molar-refractivity contribution in [3.05, 3.63) is 54.6 Å². The number of hydrogen-bond donors (Lipinski definition) is 3. The molecule has 0 aliphatic heterocycles. The molecule has 0 atom stereocenters. The molecule has 1 amide bonds. The molecule has 0 saturated heterocycles. The highest BCUT2D eigenvalue weighted by Crippen LogP contribution is 2.36. The Morgan fingerprint density at radius 1 is 1.14 bits per heavy atom. The quantitative estimate of drug-likeness (QED) is 0.309. The maximum atomic E-state index is 11.8. The zero-order valence-corrected chi connectivity index (χ0v) is 20.2. The largest absolute Gasteiger partial charge is 0.493 e. The van der Waals surface area contributed by atoms with Crippen molar-refractivity contribution < 1.29 is 14.3 Å². The fourth-order valence-corrected chi connectivity index (χ4v) is 3.36. The highest BCUT2D eigenvalue weighted by molar-refractivity contribution is 5.96. The third-order valence-electron chi connectivity index (χ3n) is 4.85. The second-order valence-electron chi connectivity index (χ2n) is 8.84. The maximum Gasteiger partial charge on any atom is 0.407 e. The summed E-state index contributed by atoms with van der Waals surface area (Å²) in [6.07, 6.45) is 4.71. The van der Waals surface area contributed by atoms with Crippen LogP contribution in [0.1, 0.15) is 32.9 Å². The van der Waals surface area contributed by atoms with Gasteiger partial charge in [-0.05, 0) is 45.4 Å². The van der Waals surface area contributed by atoms with E-state index in [1.807, 2.05) is 57.2 Å². The summed E-state index contributed by atoms with van der Waals surface area (Å²) in [5.74, 6) is 1.60. The maximum absolute atomic E-state index is 11.8. The predicted molar refractivity (Wildman–Crippen MR) is 134 cm³/mol. The van der Waals surface area contributed by atoms with Crippen molar-refractivity contribution in [1.82, 2.24) is 30.5 Å². The second kappa shape index (κ2) is 10.7. The Balaban J connectivity index is 1.48. The molecule has 0 aliphatic carbocycles. The molecule has 1 aromatic carbocycles. The van der Waals surface area contributed by atoms with Crippen LogP contribution in [0.25, 0.3) is 22.2 Å². The van der Waals surface area contributed by atoms with Crippen LogP contribution in [0, 0.1) is 11.3 Å². The van der Waals surface area contributed by atoms with E-state index in [0.29, 0.717) is 42.7 Å². The van der Waals surface area contributed by atoms with Crippen molar-refractivity contribution in [1.29, 1.82) is 5.26 Å². The lowest BCUT2D eigenvalue weighted by Crippen LogP contribution is -2.33. The van der Waals surface area contributed by atoms with Crippen molar-refractivity contribution in [2.24, 2.45) is 0 Å². The summed E-state index contributed by atoms with van der Waals surface area (Å²) in [5.41, 5.74) is 1.91. The molecule has 0 radical (unpaired) electrons. The lowest BCUT2D eigenvalue weighted by molar-refractivity contribution is 0.0525. The van der Waals surface area contributed by atoms with E-state index in [-0.39, 0.29) is 5.69 Å². The SMILES string of the molecule is CC(C)(C)OC(=O)NCCCOc1ccc2cccnc2c1-c1cc(Nc2cnc(C#N)cn2)n[nH]1. The van der Waals surface area contributed by atoms with Crippen LogP contribution in [0.3, 0.4) is 0 Å². The molecule has 184 valence electrons. The van der Waals surface area contributed by atoms with Gasteiger partial charge in [0.2, 0.25) is 0 Å². The summed E-state index contributed by atoms with van der Waals surface area (Å²) in [4.78, 5) is 24.5. The number of aromatic nitrogens is 5. The first kappa shape index (κ1) is 24.4. The lowest BCUT2D eigenvalue weighted by atomic mass is 10.1. The van der Waals surface area contributed by atoms with Gasteiger partial charge < -0.3 is 20.1 Å². The third kappa shape index (κ3) is 6.24. The Kier molecular flexibility index (Phi) is 7.25. The highest BCUT2D eigenvalue weighted by atomic mass is 16.6. The smallest absolute Gasteiger partial charge is 0.407 e. The number of rotatable bonds is 8. The molecule has 11 nitrogen and oxygen atoms in total. The van der Waals surface area contributed by atoms with Crippen molar-refractivity contribution in [2.75, 3.05) is 18.5 Å². The standard InChI is InChI=1S/C25H26N8O3/c1-25(2,3)36-24(34)28-10-5-11-35-19-8-7-16-6-4-9-27-23(16)22(19)18-12-20(33-32-18)31-21-15-29-17(13-26)14-30-21/h4,6-9,12,14-15H,5,10-11H2,1-3H3,(H,28,34)(H2,30,31,32,33). The number of ether oxygens (including phenoxy) is 2. The Labute approximate surface area is 207 Å². The van der Waals surface area contributed by atoms with E-state index >= 15 is 0 Å². The predicted octanol–water partition coefficient (Wildman–Crippen LogP) is 4.32. The normalized spacial score (nSPS) is 11.1. The molecule has 4 rings (SSSR count). The van der Waals surface area contributed by atoms with E-state index in [1.54, 1.807) is 6.20 Å². The zero-order chi connectivity index (χ0) is 25.5. The summed E-state index contributed by atoms with van der Waals surface area (Å²) in [6.45, 7) is 6.25. The molecule has 0 spiro atoms. The number of H-pyrrole nitrogens is 1. The van der Waals surface area contributed by atoms with Crippen molar-refractivity contribution in [2.45, 2.75) is 32.8 Å². The molecular weight excluding hydrogens is 460 g/mol. The molecule has 11 heteroatoms. The summed E-state index contributed by atoms with van der Waals surface area (Å²) >= 11 is 0. The number of nitrogens with zero attached hydrogens (tertiary/aromatic N) is 5. The van der Waals surface area contributed by atoms with E-state index in [0.717, 1.165) is 16.5 Å². The Bertz CT molecular complexity index is 1390. The number of hydrogen-bond acceptors (Lipinski definition) is 9. The van der Waals surface area contributed by atoms with Gasteiger partial charge in [-0.25, -0.2) is 14.8 Å². The minimum Gasteiger partial charge on any atom is -0.493 e. The van der Waals surface area contributed by atoms with Crippen LogP contribution < -0.4 is 15.4 Å². The minimum absolute atomic E-state index is 0.230. The average molecular weight is 487 g/mol. The summed E-state index contributed by atoms with van der Waals surface area (Å²) in [5, 5.41) is 23.0. The number of fused-ring (bicyclic) bond motifs is 1. The molecule has 3 heterocycles. The van der Waals surface area contributed by atoms with Crippen molar-refractivity contribution >= 4 is 28.6 Å². The van der Waals surface area contributed by atoms with Crippen LogP contribution in [0.15, 0.2) is 48.9 Å². The van der Waals surface area contributed by atoms with Gasteiger partial charge in [0.15, 0.2) is 11.5 Å². The molecular formula is C25H26N8O3. The number of nitriles is 1. The number of amides is 1. The molecule has 36 heavy (non-hydrogen) atoms. The van der Waals surface area contributed by atoms with E-state index in [1.165, 1.54) is 12.4 Å². The minimum atomic E-state index is -0.544. The van der Waals surface area contributed by atoms with Crippen LogP contribution in [0.4, 0.5) is 16.4 Å². The van der Waals surface area contributed by atoms with E-state index in [9.17, 15) is 4.79 Å². The number of pyridine rings is 1. The van der Waals surface area contributed by atoms with Crippen LogP contribution in [-0.4, -0.2) is 50.0 Å². The molecule has 0 unspecified atom stereocenters. The number of anilines is 2. The summed E-state index contributed by atoms with van der Waals surface area (Å²) < 4.78 is 11.3. The highest BCUT2D eigenvalue weighted by Gasteiger charge is 2.17. The Morgan fingerprint density at radius 3 is 2.75 bits per heavy atom. The summed E-state index contributed by atoms with van der Waals surface area (Å²) in [6, 6.07) is 11.4. The van der Waals surface area contributed by atoms with E-state index in [4.69, 9.17) is 14.7 Å². The van der Waals surface area contributed by atoms with Gasteiger partial charge >= 0.3 is 6.09 Å². The summed E-state index contributed by atoms with van der Waals surface area (Å²) in [7, 11) is 0. The van der Waals surface area contributed by atoms with Crippen molar-refractivity contribution in [3.8, 4) is 23.1 Å². The van der Waals surface area contributed by atoms with Gasteiger partial charge in [-0.15, -0.1) is 0 Å². The van der Waals surface area contributed by atoms with Crippen molar-refractivity contribution in [3.63, 3.8) is 0 Å². The topological polar surface area (TPSA) is 151 Å². The van der Waals surface area contributed by atoms with Gasteiger partial charge in [-0.3, -0.25) is 10.1 Å². The van der Waals surface area contributed by atoms with Gasteiger partial charge in [-0.2, -0.15) is 10.4 Å². The van der Waals surface area contributed by atoms with Gasteiger partial charge in [0, 0.05) is 24.2 Å². The molecule has 0 saturated carbocycles. The third-order valence-corrected chi connectivity index (χ3v) is 4.85. The molecule has 3 N–H and O–H groups in total. The first-order valence-corrected chi connectivity index (χ1v) is 11.3. The average Bonchev–Trinajstić information content (AvgIpc) is 3.30. The van der Waals surface area contributed by atoms with E-state index < -0.39 is 11.7 Å². The molecule has 0 bridgehead atoms. The molecule has 0 aliphatic rings. The first-order chi connectivity index (χ1) is 17.3. The molecule has 3 aromatic heterocycles. The number of alkyl carbamates (subject to hydrolysis) is 1. The number of aromatic amines is 1. The fourth-order valence-electron chi connectivity index (χ4n) is 3.36. The lowest BCUT2D eigenvalue weighted by Gasteiger charge is -2.19. The number of carbonyl (C=O) groups is 1. The Hall–Kier alpha value is -4.72. The van der Waals surface area contributed by atoms with Crippen LogP contribution in [0.2, 0.25) is 0 Å². The number of carbonyl (C=O) groups excluding carboxylic acids is 1. The second-order valence-corrected chi connectivity index (χ2v) is 8.84. The van der Waals surface area contributed by atoms with Crippen LogP contribution in [0.5, 0.6) is 5.75 Å². The Morgan fingerprint density at radius 2 is 2.00 bits per heavy atom.